The fourth-order valence-corrected chi connectivity index (χ4v) is 2.81. The van der Waals surface area contributed by atoms with Gasteiger partial charge in [0.25, 0.3) is 0 Å². The van der Waals surface area contributed by atoms with Crippen molar-refractivity contribution in [2.45, 2.75) is 32.8 Å². The third-order valence-electron chi connectivity index (χ3n) is 3.07. The Kier molecular flexibility index (Phi) is 4.86. The minimum absolute atomic E-state index is 0.154. The highest BCUT2D eigenvalue weighted by Gasteiger charge is 2.26. The molecule has 0 saturated carbocycles. The first kappa shape index (κ1) is 13.6. The number of aromatic nitrogens is 1. The van der Waals surface area contributed by atoms with Gasteiger partial charge in [0, 0.05) is 18.5 Å². The first-order chi connectivity index (χ1) is 8.69. The molecular weight excluding hydrogens is 248 g/mol. The Labute approximate surface area is 112 Å². The molecule has 0 aromatic carbocycles. The van der Waals surface area contributed by atoms with Crippen LogP contribution in [0.4, 0.5) is 0 Å². The zero-order chi connectivity index (χ0) is 13.0. The van der Waals surface area contributed by atoms with Crippen LogP contribution in [0, 0.1) is 6.92 Å². The summed E-state index contributed by atoms with van der Waals surface area (Å²) in [6.45, 7) is 7.49. The monoisotopic (exact) mass is 268 g/mol. The van der Waals surface area contributed by atoms with E-state index >= 15 is 0 Å². The topological polar surface area (TPSA) is 42.4 Å². The molecule has 18 heavy (non-hydrogen) atoms. The van der Waals surface area contributed by atoms with Crippen molar-refractivity contribution in [3.05, 3.63) is 16.1 Å². The Hall–Kier alpha value is -0.780. The van der Waals surface area contributed by atoms with Gasteiger partial charge in [0.2, 0.25) is 0 Å². The molecule has 5 heteroatoms. The second-order valence-corrected chi connectivity index (χ2v) is 5.72. The number of hydrogen-bond acceptors (Lipinski definition) is 5. The molecule has 2 heterocycles. The largest absolute Gasteiger partial charge is 0.368 e. The average Bonchev–Trinajstić information content (AvgIpc) is 2.75. The average molecular weight is 268 g/mol. The number of thiazole rings is 1. The summed E-state index contributed by atoms with van der Waals surface area (Å²) in [6, 6.07) is 0. The first-order valence-electron chi connectivity index (χ1n) is 6.46. The second-order valence-electron chi connectivity index (χ2n) is 4.66. The maximum Gasteiger partial charge on any atom is 0.168 e. The molecular formula is C13H20N2O2S. The van der Waals surface area contributed by atoms with Crippen LogP contribution < -0.4 is 0 Å². The van der Waals surface area contributed by atoms with Gasteiger partial charge in [-0.2, -0.15) is 0 Å². The Bertz CT molecular complexity index is 403. The number of carbonyl (C=O) groups excluding carboxylic acids is 1. The van der Waals surface area contributed by atoms with Crippen molar-refractivity contribution >= 4 is 17.1 Å². The van der Waals surface area contributed by atoms with Gasteiger partial charge in [-0.25, -0.2) is 4.98 Å². The Morgan fingerprint density at radius 1 is 1.67 bits per heavy atom. The van der Waals surface area contributed by atoms with Gasteiger partial charge in [0.05, 0.1) is 23.7 Å². The van der Waals surface area contributed by atoms with E-state index < -0.39 is 0 Å². The maximum absolute atomic E-state index is 12.1. The molecule has 1 saturated heterocycles. The minimum Gasteiger partial charge on any atom is -0.368 e. The summed E-state index contributed by atoms with van der Waals surface area (Å²) in [5.74, 6) is 0.154. The highest BCUT2D eigenvalue weighted by Crippen LogP contribution is 2.12. The molecule has 1 aromatic rings. The summed E-state index contributed by atoms with van der Waals surface area (Å²) in [7, 11) is 0. The Balaban J connectivity index is 1.88. The summed E-state index contributed by atoms with van der Waals surface area (Å²) >= 11 is 1.59. The lowest BCUT2D eigenvalue weighted by Crippen LogP contribution is -2.46. The van der Waals surface area contributed by atoms with Crippen LogP contribution in [0.1, 0.15) is 24.0 Å². The summed E-state index contributed by atoms with van der Waals surface area (Å²) in [6.07, 6.45) is 1.24. The highest BCUT2D eigenvalue weighted by atomic mass is 32.1. The smallest absolute Gasteiger partial charge is 0.168 e. The maximum atomic E-state index is 12.1. The zero-order valence-corrected chi connectivity index (χ0v) is 11.8. The Morgan fingerprint density at radius 3 is 3.17 bits per heavy atom. The quantitative estimate of drug-likeness (QED) is 0.815. The van der Waals surface area contributed by atoms with E-state index in [4.69, 9.17) is 4.74 Å². The fraction of sp³-hybridized carbons (Fsp3) is 0.692. The number of ketones is 1. The molecule has 2 rings (SSSR count). The van der Waals surface area contributed by atoms with Crippen LogP contribution >= 0.6 is 11.3 Å². The normalized spacial score (nSPS) is 21.1. The molecule has 1 atom stereocenters. The third-order valence-corrected chi connectivity index (χ3v) is 3.89. The number of aryl methyl sites for hydroxylation is 1. The van der Waals surface area contributed by atoms with E-state index in [9.17, 15) is 4.79 Å². The van der Waals surface area contributed by atoms with Gasteiger partial charge in [-0.05, 0) is 19.9 Å². The fourth-order valence-electron chi connectivity index (χ4n) is 2.20. The number of Topliss-reactive ketones (excluding diaryl/α,β-unsaturated/α-hetero) is 1. The predicted molar refractivity (Wildman–Crippen MR) is 72.0 cm³/mol. The van der Waals surface area contributed by atoms with Crippen molar-refractivity contribution in [3.63, 3.8) is 0 Å². The van der Waals surface area contributed by atoms with Crippen LogP contribution in [0.25, 0.3) is 0 Å². The van der Waals surface area contributed by atoms with Crippen molar-refractivity contribution in [1.82, 2.24) is 9.88 Å². The standard InChI is InChI=1S/C13H20N2O2S/c1-3-4-15-5-6-17-13(8-15)12(16)7-11-9-18-10(2)14-11/h9,13H,3-8H2,1-2H3. The van der Waals surface area contributed by atoms with Gasteiger partial charge in [-0.3, -0.25) is 9.69 Å². The molecule has 1 aliphatic heterocycles. The van der Waals surface area contributed by atoms with Gasteiger partial charge < -0.3 is 4.74 Å². The number of morpholine rings is 1. The lowest BCUT2D eigenvalue weighted by atomic mass is 10.1. The summed E-state index contributed by atoms with van der Waals surface area (Å²) in [5, 5.41) is 2.97. The van der Waals surface area contributed by atoms with Crippen molar-refractivity contribution in [2.24, 2.45) is 0 Å². The summed E-state index contributed by atoms with van der Waals surface area (Å²) in [5.41, 5.74) is 0.874. The molecule has 1 fully saturated rings. The van der Waals surface area contributed by atoms with E-state index in [1.54, 1.807) is 11.3 Å². The molecule has 1 aliphatic rings. The van der Waals surface area contributed by atoms with Crippen LogP contribution in [0.15, 0.2) is 5.38 Å². The minimum atomic E-state index is -0.271. The molecule has 100 valence electrons. The molecule has 0 N–H and O–H groups in total. The third kappa shape index (κ3) is 3.60. The summed E-state index contributed by atoms with van der Waals surface area (Å²) in [4.78, 5) is 18.8. The van der Waals surface area contributed by atoms with Crippen LogP contribution in [0.5, 0.6) is 0 Å². The van der Waals surface area contributed by atoms with Crippen molar-refractivity contribution < 1.29 is 9.53 Å². The molecule has 0 amide bonds. The van der Waals surface area contributed by atoms with Gasteiger partial charge in [0.15, 0.2) is 5.78 Å². The van der Waals surface area contributed by atoms with E-state index in [1.807, 2.05) is 12.3 Å². The van der Waals surface area contributed by atoms with Crippen LogP contribution in [-0.4, -0.2) is 48.0 Å². The molecule has 0 spiro atoms. The Morgan fingerprint density at radius 2 is 2.50 bits per heavy atom. The van der Waals surface area contributed by atoms with Gasteiger partial charge in [-0.1, -0.05) is 6.92 Å². The van der Waals surface area contributed by atoms with E-state index in [2.05, 4.69) is 16.8 Å². The predicted octanol–water partition coefficient (Wildman–Crippen LogP) is 1.67. The molecule has 4 nitrogen and oxygen atoms in total. The lowest BCUT2D eigenvalue weighted by Gasteiger charge is -2.31. The first-order valence-corrected chi connectivity index (χ1v) is 7.34. The van der Waals surface area contributed by atoms with Gasteiger partial charge in [0.1, 0.15) is 6.10 Å². The van der Waals surface area contributed by atoms with E-state index in [1.165, 1.54) is 0 Å². The SMILES string of the molecule is CCCN1CCOC(C(=O)Cc2csc(C)n2)C1. The molecule has 0 radical (unpaired) electrons. The molecule has 1 unspecified atom stereocenters. The van der Waals surface area contributed by atoms with Gasteiger partial charge in [-0.15, -0.1) is 11.3 Å². The van der Waals surface area contributed by atoms with E-state index in [0.29, 0.717) is 13.0 Å². The van der Waals surface area contributed by atoms with Gasteiger partial charge >= 0.3 is 0 Å². The van der Waals surface area contributed by atoms with Crippen molar-refractivity contribution in [2.75, 3.05) is 26.2 Å². The molecule has 0 aliphatic carbocycles. The molecule has 1 aromatic heterocycles. The van der Waals surface area contributed by atoms with Crippen molar-refractivity contribution in [1.29, 1.82) is 0 Å². The van der Waals surface area contributed by atoms with E-state index in [0.717, 1.165) is 36.8 Å². The number of rotatable bonds is 5. The molecule has 0 bridgehead atoms. The highest BCUT2D eigenvalue weighted by molar-refractivity contribution is 7.09. The zero-order valence-electron chi connectivity index (χ0n) is 11.0. The van der Waals surface area contributed by atoms with Crippen LogP contribution in [0.2, 0.25) is 0 Å². The number of carbonyl (C=O) groups is 1. The number of hydrogen-bond donors (Lipinski definition) is 0. The van der Waals surface area contributed by atoms with E-state index in [-0.39, 0.29) is 11.9 Å². The number of nitrogens with zero attached hydrogens (tertiary/aromatic N) is 2. The number of ether oxygens (including phenoxy) is 1. The van der Waals surface area contributed by atoms with Crippen LogP contribution in [0.3, 0.4) is 0 Å². The van der Waals surface area contributed by atoms with Crippen LogP contribution in [-0.2, 0) is 16.0 Å². The van der Waals surface area contributed by atoms with Crippen molar-refractivity contribution in [3.8, 4) is 0 Å². The second kappa shape index (κ2) is 6.41. The lowest BCUT2D eigenvalue weighted by molar-refractivity contribution is -0.135. The summed E-state index contributed by atoms with van der Waals surface area (Å²) < 4.78 is 5.58.